The van der Waals surface area contributed by atoms with Gasteiger partial charge in [-0.05, 0) is 17.7 Å². The second-order valence-electron chi connectivity index (χ2n) is 7.69. The van der Waals surface area contributed by atoms with Crippen molar-refractivity contribution >= 4 is 16.8 Å². The Labute approximate surface area is 183 Å². The van der Waals surface area contributed by atoms with Crippen molar-refractivity contribution in [2.45, 2.75) is 25.5 Å². The molecule has 32 heavy (non-hydrogen) atoms. The molecule has 1 aliphatic rings. The van der Waals surface area contributed by atoms with Gasteiger partial charge in [0.2, 0.25) is 5.91 Å². The summed E-state index contributed by atoms with van der Waals surface area (Å²) in [6, 6.07) is 14.4. The Kier molecular flexibility index (Phi) is 5.64. The summed E-state index contributed by atoms with van der Waals surface area (Å²) in [4.78, 5) is 18.9. The monoisotopic (exact) mass is 435 g/mol. The summed E-state index contributed by atoms with van der Waals surface area (Å²) in [5.41, 5.74) is 1.50. The van der Waals surface area contributed by atoms with Crippen LogP contribution in [-0.2, 0) is 22.5 Å². The molecule has 0 spiro atoms. The van der Waals surface area contributed by atoms with Crippen LogP contribution in [0, 0.1) is 5.82 Å². The van der Waals surface area contributed by atoms with Gasteiger partial charge in [-0.1, -0.05) is 41.6 Å². The Morgan fingerprint density at radius 1 is 1.16 bits per heavy atom. The topological polar surface area (TPSA) is 86.3 Å². The number of ether oxygens (including phenoxy) is 1. The number of aromatic nitrogens is 4. The van der Waals surface area contributed by atoms with Gasteiger partial charge in [0.25, 0.3) is 5.89 Å². The van der Waals surface area contributed by atoms with E-state index in [2.05, 4.69) is 15.2 Å². The first-order valence-corrected chi connectivity index (χ1v) is 10.5. The predicted octanol–water partition coefficient (Wildman–Crippen LogP) is 3.14. The van der Waals surface area contributed by atoms with E-state index in [-0.39, 0.29) is 18.1 Å². The van der Waals surface area contributed by atoms with Crippen molar-refractivity contribution in [2.24, 2.45) is 0 Å². The van der Waals surface area contributed by atoms with Crippen molar-refractivity contribution in [3.05, 3.63) is 77.8 Å². The van der Waals surface area contributed by atoms with Crippen LogP contribution in [0.2, 0.25) is 0 Å². The van der Waals surface area contributed by atoms with Gasteiger partial charge in [-0.3, -0.25) is 9.48 Å². The lowest BCUT2D eigenvalue weighted by atomic mass is 10.1. The lowest BCUT2D eigenvalue weighted by Crippen LogP contribution is -2.42. The SMILES string of the molecule is O=C(CCn1ncc2ccccc21)N1CCO[C@H](c2nc(Cc3ccccc3F)no2)C1. The molecule has 3 heterocycles. The second kappa shape index (κ2) is 8.88. The number of morpholine rings is 1. The highest BCUT2D eigenvalue weighted by atomic mass is 19.1. The van der Waals surface area contributed by atoms with Crippen molar-refractivity contribution in [3.63, 3.8) is 0 Å². The van der Waals surface area contributed by atoms with E-state index in [1.54, 1.807) is 29.3 Å². The van der Waals surface area contributed by atoms with Crippen molar-refractivity contribution in [2.75, 3.05) is 19.7 Å². The first-order valence-electron chi connectivity index (χ1n) is 10.5. The minimum Gasteiger partial charge on any atom is -0.365 e. The first-order chi connectivity index (χ1) is 15.7. The summed E-state index contributed by atoms with van der Waals surface area (Å²) in [7, 11) is 0. The number of benzene rings is 2. The fraction of sp³-hybridized carbons (Fsp3) is 0.304. The zero-order valence-corrected chi connectivity index (χ0v) is 17.4. The molecule has 4 aromatic rings. The molecule has 0 unspecified atom stereocenters. The molecule has 0 bridgehead atoms. The Morgan fingerprint density at radius 3 is 2.91 bits per heavy atom. The van der Waals surface area contributed by atoms with Gasteiger partial charge in [-0.25, -0.2) is 4.39 Å². The average molecular weight is 435 g/mol. The zero-order valence-electron chi connectivity index (χ0n) is 17.4. The summed E-state index contributed by atoms with van der Waals surface area (Å²) in [6.07, 6.45) is 1.86. The van der Waals surface area contributed by atoms with Crippen molar-refractivity contribution in [1.29, 1.82) is 0 Å². The maximum atomic E-state index is 13.9. The average Bonchev–Trinajstić information content (AvgIpc) is 3.46. The second-order valence-corrected chi connectivity index (χ2v) is 7.69. The van der Waals surface area contributed by atoms with Crippen LogP contribution in [0.4, 0.5) is 4.39 Å². The number of hydrogen-bond acceptors (Lipinski definition) is 6. The molecule has 1 atom stereocenters. The van der Waals surface area contributed by atoms with Crippen LogP contribution in [0.15, 0.2) is 59.3 Å². The molecule has 2 aromatic heterocycles. The first kappa shape index (κ1) is 20.3. The van der Waals surface area contributed by atoms with Crippen molar-refractivity contribution in [1.82, 2.24) is 24.8 Å². The van der Waals surface area contributed by atoms with Crippen LogP contribution in [0.5, 0.6) is 0 Å². The summed E-state index contributed by atoms with van der Waals surface area (Å²) < 4.78 is 26.8. The summed E-state index contributed by atoms with van der Waals surface area (Å²) in [5, 5.41) is 9.38. The van der Waals surface area contributed by atoms with E-state index in [0.29, 0.717) is 49.9 Å². The van der Waals surface area contributed by atoms with Gasteiger partial charge >= 0.3 is 0 Å². The number of carbonyl (C=O) groups is 1. The Balaban J connectivity index is 1.20. The summed E-state index contributed by atoms with van der Waals surface area (Å²) in [6.45, 7) is 1.72. The lowest BCUT2D eigenvalue weighted by Gasteiger charge is -2.31. The Bertz CT molecular complexity index is 1240. The van der Waals surface area contributed by atoms with Gasteiger partial charge in [0, 0.05) is 24.8 Å². The maximum Gasteiger partial charge on any atom is 0.257 e. The highest BCUT2D eigenvalue weighted by Crippen LogP contribution is 2.22. The molecule has 1 amide bonds. The maximum absolute atomic E-state index is 13.9. The van der Waals surface area contributed by atoms with Crippen molar-refractivity contribution in [3.8, 4) is 0 Å². The van der Waals surface area contributed by atoms with E-state index >= 15 is 0 Å². The predicted molar refractivity (Wildman–Crippen MR) is 113 cm³/mol. The number of amides is 1. The number of hydrogen-bond donors (Lipinski definition) is 0. The largest absolute Gasteiger partial charge is 0.365 e. The summed E-state index contributed by atoms with van der Waals surface area (Å²) in [5.74, 6) is 0.382. The van der Waals surface area contributed by atoms with Gasteiger partial charge in [0.15, 0.2) is 11.9 Å². The molecule has 0 radical (unpaired) electrons. The van der Waals surface area contributed by atoms with E-state index in [0.717, 1.165) is 10.9 Å². The molecule has 2 aromatic carbocycles. The quantitative estimate of drug-likeness (QED) is 0.463. The molecule has 0 aliphatic carbocycles. The third-order valence-corrected chi connectivity index (χ3v) is 5.57. The molecule has 5 rings (SSSR count). The van der Waals surface area contributed by atoms with Crippen molar-refractivity contribution < 1.29 is 18.4 Å². The molecule has 8 nitrogen and oxygen atoms in total. The zero-order chi connectivity index (χ0) is 21.9. The molecule has 1 saturated heterocycles. The third kappa shape index (κ3) is 4.24. The van der Waals surface area contributed by atoms with Gasteiger partial charge in [-0.15, -0.1) is 0 Å². The number of carbonyl (C=O) groups excluding carboxylic acids is 1. The van der Waals surface area contributed by atoms with Crippen LogP contribution in [0.3, 0.4) is 0 Å². The van der Waals surface area contributed by atoms with Gasteiger partial charge in [0.05, 0.1) is 31.4 Å². The molecular weight excluding hydrogens is 413 g/mol. The Morgan fingerprint density at radius 2 is 2.00 bits per heavy atom. The minimum atomic E-state index is -0.500. The van der Waals surface area contributed by atoms with E-state index in [4.69, 9.17) is 9.26 Å². The standard InChI is InChI=1S/C23H22FN5O3/c24-18-7-3-1-5-16(18)13-21-26-23(32-27-21)20-15-28(11-12-31-20)22(30)9-10-29-19-8-4-2-6-17(19)14-25-29/h1-8,14,20H,9-13,15H2/t20-/m0/s1. The number of nitrogens with zero attached hydrogens (tertiary/aromatic N) is 5. The molecule has 1 aliphatic heterocycles. The highest BCUT2D eigenvalue weighted by Gasteiger charge is 2.29. The molecule has 0 N–H and O–H groups in total. The van der Waals surface area contributed by atoms with Gasteiger partial charge in [0.1, 0.15) is 5.82 Å². The van der Waals surface area contributed by atoms with E-state index in [9.17, 15) is 9.18 Å². The highest BCUT2D eigenvalue weighted by molar-refractivity contribution is 5.79. The molecule has 0 saturated carbocycles. The number of halogens is 1. The fourth-order valence-electron chi connectivity index (χ4n) is 3.87. The summed E-state index contributed by atoms with van der Waals surface area (Å²) >= 11 is 0. The molecule has 9 heteroatoms. The van der Waals surface area contributed by atoms with Crippen LogP contribution in [-0.4, -0.2) is 50.4 Å². The Hall–Kier alpha value is -3.59. The minimum absolute atomic E-state index is 0.0176. The normalized spacial score (nSPS) is 16.5. The van der Waals surface area contributed by atoms with E-state index < -0.39 is 6.10 Å². The van der Waals surface area contributed by atoms with Gasteiger partial charge in [-0.2, -0.15) is 10.1 Å². The lowest BCUT2D eigenvalue weighted by molar-refractivity contribution is -0.140. The smallest absolute Gasteiger partial charge is 0.257 e. The molecule has 1 fully saturated rings. The van der Waals surface area contributed by atoms with E-state index in [1.807, 2.05) is 28.9 Å². The van der Waals surface area contributed by atoms with Crippen LogP contribution in [0.1, 0.15) is 29.8 Å². The number of aryl methyl sites for hydroxylation is 1. The van der Waals surface area contributed by atoms with Gasteiger partial charge < -0.3 is 14.2 Å². The van der Waals surface area contributed by atoms with E-state index in [1.165, 1.54) is 6.07 Å². The number of rotatable bonds is 6. The molecule has 164 valence electrons. The van der Waals surface area contributed by atoms with Crippen LogP contribution >= 0.6 is 0 Å². The van der Waals surface area contributed by atoms with Crippen LogP contribution < -0.4 is 0 Å². The molecular formula is C23H22FN5O3. The number of fused-ring (bicyclic) bond motifs is 1. The third-order valence-electron chi connectivity index (χ3n) is 5.57. The number of para-hydroxylation sites is 1. The van der Waals surface area contributed by atoms with Crippen LogP contribution in [0.25, 0.3) is 10.9 Å². The fourth-order valence-corrected chi connectivity index (χ4v) is 3.87.